The highest BCUT2D eigenvalue weighted by Gasteiger charge is 2.17. The molecule has 5 aromatic heterocycles. The molecule has 326 valence electrons. The van der Waals surface area contributed by atoms with Gasteiger partial charge in [0.2, 0.25) is 0 Å². The minimum Gasteiger partial charge on any atom is -0.493 e. The van der Waals surface area contributed by atoms with Crippen LogP contribution < -0.4 is 9.47 Å². The largest absolute Gasteiger partial charge is 0.493 e. The van der Waals surface area contributed by atoms with E-state index in [1.54, 1.807) is 0 Å². The van der Waals surface area contributed by atoms with E-state index in [0.29, 0.717) is 13.2 Å². The van der Waals surface area contributed by atoms with Gasteiger partial charge in [0.05, 0.1) is 48.6 Å². The lowest BCUT2D eigenvalue weighted by Gasteiger charge is -2.13. The number of aromatic amines is 2. The number of H-pyrrole nitrogens is 2. The fraction of sp³-hybridized carbons (Fsp3) is 0.296. The Hall–Kier alpha value is -6.94. The third-order valence-corrected chi connectivity index (χ3v) is 12.0. The van der Waals surface area contributed by atoms with Gasteiger partial charge in [-0.25, -0.2) is 19.9 Å². The van der Waals surface area contributed by atoms with Crippen molar-refractivity contribution in [2.45, 2.75) is 90.1 Å². The highest BCUT2D eigenvalue weighted by Crippen LogP contribution is 2.38. The molecule has 2 aliphatic rings. The Kier molecular flexibility index (Phi) is 14.2. The number of aromatic nitrogens is 8. The van der Waals surface area contributed by atoms with Crippen LogP contribution in [-0.4, -0.2) is 52.3 Å². The summed E-state index contributed by atoms with van der Waals surface area (Å²) in [5.41, 5.74) is 11.3. The number of para-hydroxylation sites is 2. The van der Waals surface area contributed by atoms with Crippen LogP contribution in [0.3, 0.4) is 0 Å². The van der Waals surface area contributed by atoms with E-state index in [4.69, 9.17) is 19.4 Å². The Balaban J connectivity index is 0.935. The van der Waals surface area contributed by atoms with Crippen LogP contribution in [0.2, 0.25) is 0 Å². The Morgan fingerprint density at radius 2 is 0.891 bits per heavy atom. The fourth-order valence-corrected chi connectivity index (χ4v) is 8.65. The molecule has 0 saturated carbocycles. The van der Waals surface area contributed by atoms with Gasteiger partial charge >= 0.3 is 0 Å². The Labute approximate surface area is 375 Å². The molecular formula is C54H58N8O2. The van der Waals surface area contributed by atoms with E-state index in [1.807, 2.05) is 49.6 Å². The number of hydrogen-bond acceptors (Lipinski definition) is 6. The van der Waals surface area contributed by atoms with Gasteiger partial charge in [-0.05, 0) is 98.5 Å². The number of rotatable bonds is 22. The number of benzene rings is 2. The number of hydrogen-bond donors (Lipinski definition) is 2. The summed E-state index contributed by atoms with van der Waals surface area (Å²) in [5.74, 6) is 1.72. The Morgan fingerprint density at radius 1 is 0.453 bits per heavy atom. The molecule has 0 saturated heterocycles. The quantitative estimate of drug-likeness (QED) is 0.0657. The normalized spacial score (nSPS) is 12.0. The van der Waals surface area contributed by atoms with Crippen LogP contribution in [0.5, 0.6) is 11.5 Å². The molecule has 7 heterocycles. The minimum atomic E-state index is 0.668. The van der Waals surface area contributed by atoms with Crippen molar-refractivity contribution < 1.29 is 9.47 Å². The summed E-state index contributed by atoms with van der Waals surface area (Å²) in [5, 5.41) is 0. The molecule has 0 unspecified atom stereocenters. The monoisotopic (exact) mass is 850 g/mol. The number of fused-ring (bicyclic) bond motifs is 8. The van der Waals surface area contributed by atoms with Crippen LogP contribution in [0.15, 0.2) is 122 Å². The first-order chi connectivity index (χ1) is 31.7. The van der Waals surface area contributed by atoms with Gasteiger partial charge in [-0.15, -0.1) is 0 Å². The number of nitrogens with one attached hydrogen (secondary N) is 2. The van der Waals surface area contributed by atoms with E-state index in [2.05, 4.69) is 126 Å². The van der Waals surface area contributed by atoms with Crippen molar-refractivity contribution in [3.8, 4) is 33.8 Å². The summed E-state index contributed by atoms with van der Waals surface area (Å²) < 4.78 is 17.4. The van der Waals surface area contributed by atoms with E-state index in [9.17, 15) is 0 Å². The molecule has 0 atom stereocenters. The molecule has 2 N–H and O–H groups in total. The molecule has 7 aromatic rings. The van der Waals surface area contributed by atoms with Crippen molar-refractivity contribution in [3.05, 3.63) is 145 Å². The molecule has 2 aromatic carbocycles. The van der Waals surface area contributed by atoms with Crippen molar-refractivity contribution in [3.63, 3.8) is 0 Å². The lowest BCUT2D eigenvalue weighted by molar-refractivity contribution is 0.305. The Bertz CT molecular complexity index is 2620. The zero-order chi connectivity index (χ0) is 43.2. The topological polar surface area (TPSA) is 111 Å². The van der Waals surface area contributed by atoms with Gasteiger partial charge < -0.3 is 28.6 Å². The number of unbranched alkanes of at least 4 members (excludes halogenated alkanes) is 10. The van der Waals surface area contributed by atoms with Gasteiger partial charge in [0.1, 0.15) is 11.5 Å². The lowest BCUT2D eigenvalue weighted by Crippen LogP contribution is -2.00. The van der Waals surface area contributed by atoms with E-state index in [0.717, 1.165) is 117 Å². The van der Waals surface area contributed by atoms with Crippen LogP contribution in [0.1, 0.15) is 99.8 Å². The predicted molar refractivity (Wildman–Crippen MR) is 261 cm³/mol. The highest BCUT2D eigenvalue weighted by molar-refractivity contribution is 5.95. The first-order valence-electron chi connectivity index (χ1n) is 23.2. The van der Waals surface area contributed by atoms with Crippen LogP contribution in [0.25, 0.3) is 68.6 Å². The van der Waals surface area contributed by atoms with Crippen molar-refractivity contribution in [1.82, 2.24) is 39.0 Å². The van der Waals surface area contributed by atoms with Gasteiger partial charge in [0.25, 0.3) is 0 Å². The number of ether oxygens (including phenoxy) is 2. The summed E-state index contributed by atoms with van der Waals surface area (Å²) in [7, 11) is 0. The van der Waals surface area contributed by atoms with Gasteiger partial charge in [0.15, 0.2) is 0 Å². The molecule has 2 aliphatic heterocycles. The van der Waals surface area contributed by atoms with Crippen LogP contribution in [0.4, 0.5) is 0 Å². The first-order valence-corrected chi connectivity index (χ1v) is 23.2. The molecule has 0 fully saturated rings. The summed E-state index contributed by atoms with van der Waals surface area (Å²) in [6.07, 6.45) is 34.0. The maximum Gasteiger partial charge on any atom is 0.127 e. The molecule has 10 nitrogen and oxygen atoms in total. The average molecular weight is 851 g/mol. The molecule has 64 heavy (non-hydrogen) atoms. The van der Waals surface area contributed by atoms with Gasteiger partial charge in [0, 0.05) is 82.2 Å². The van der Waals surface area contributed by atoms with Crippen molar-refractivity contribution in [2.24, 2.45) is 0 Å². The summed E-state index contributed by atoms with van der Waals surface area (Å²) in [6, 6.07) is 29.4. The van der Waals surface area contributed by atoms with E-state index in [1.165, 1.54) is 51.4 Å². The second-order valence-electron chi connectivity index (χ2n) is 16.7. The fourth-order valence-electron chi connectivity index (χ4n) is 8.65. The zero-order valence-electron chi connectivity index (χ0n) is 36.7. The van der Waals surface area contributed by atoms with Crippen LogP contribution in [0, 0.1) is 0 Å². The van der Waals surface area contributed by atoms with Crippen LogP contribution >= 0.6 is 0 Å². The lowest BCUT2D eigenvalue weighted by atomic mass is 10.0. The predicted octanol–water partition coefficient (Wildman–Crippen LogP) is 13.2. The summed E-state index contributed by atoms with van der Waals surface area (Å²) in [4.78, 5) is 26.1. The molecule has 0 aliphatic carbocycles. The number of nitrogens with zero attached hydrogens (tertiary/aromatic N) is 6. The van der Waals surface area contributed by atoms with Crippen molar-refractivity contribution in [1.29, 1.82) is 0 Å². The third kappa shape index (κ3) is 11.0. The zero-order valence-corrected chi connectivity index (χ0v) is 36.7. The SMILES string of the molecule is C1=Cc2nc1cc1ccc([nH]1)c(-c1ccccc1OCCCCCCCCn1ccnc1)c1nc(cc3ccc([nH]3)c2-c2ccccc2OCCCCCCCCn2ccnc2)C=C1. The van der Waals surface area contributed by atoms with Gasteiger partial charge in [-0.3, -0.25) is 0 Å². The number of imidazole rings is 2. The second-order valence-corrected chi connectivity index (χ2v) is 16.7. The maximum absolute atomic E-state index is 6.54. The van der Waals surface area contributed by atoms with Crippen LogP contribution in [-0.2, 0) is 13.1 Å². The molecule has 9 rings (SSSR count). The van der Waals surface area contributed by atoms with E-state index < -0.39 is 0 Å². The maximum atomic E-state index is 6.54. The Morgan fingerprint density at radius 3 is 1.34 bits per heavy atom. The summed E-state index contributed by atoms with van der Waals surface area (Å²) in [6.45, 7) is 3.41. The van der Waals surface area contributed by atoms with Crippen molar-refractivity contribution >= 4 is 46.4 Å². The van der Waals surface area contributed by atoms with E-state index in [-0.39, 0.29) is 0 Å². The first kappa shape index (κ1) is 42.4. The van der Waals surface area contributed by atoms with Gasteiger partial charge in [-0.2, -0.15) is 0 Å². The molecule has 10 heteroatoms. The average Bonchev–Trinajstić information content (AvgIpc) is 4.18. The van der Waals surface area contributed by atoms with Gasteiger partial charge in [-0.1, -0.05) is 87.8 Å². The smallest absolute Gasteiger partial charge is 0.127 e. The molecule has 0 spiro atoms. The summed E-state index contributed by atoms with van der Waals surface area (Å²) >= 11 is 0. The molecule has 8 bridgehead atoms. The minimum absolute atomic E-state index is 0.668. The molecular weight excluding hydrogens is 793 g/mol. The molecule has 0 amide bonds. The van der Waals surface area contributed by atoms with Crippen molar-refractivity contribution in [2.75, 3.05) is 13.2 Å². The third-order valence-electron chi connectivity index (χ3n) is 12.0. The second kappa shape index (κ2) is 21.4. The molecule has 0 radical (unpaired) electrons. The highest BCUT2D eigenvalue weighted by atomic mass is 16.5. The standard InChI is InChI=1S/C54H58N8O2/c1(5-13-31-61-33-29-55-39-61)3-7-15-35-63-51-19-11-9-17-45(51)53-47-25-21-41(57-47)37-43-23-27-49(59-43)54(50-28-24-44(60-50)38-42-22-26-48(53)58-42)46-18-10-12-20-52(46)64-36-16-8-4-2-6-14-32-62-34-30-56-40-62/h9-12,17-30,33-34,37-40,57,60H,1-8,13-16,31-32,35-36H2. The van der Waals surface area contributed by atoms with E-state index >= 15 is 0 Å². The number of aryl methyl sites for hydroxylation is 2.